The molecule has 5 nitrogen and oxygen atoms in total. The molecular weight excluding hydrogens is 378 g/mol. The highest BCUT2D eigenvalue weighted by Crippen LogP contribution is 2.28. The monoisotopic (exact) mass is 409 g/mol. The Balaban J connectivity index is 2.05. The van der Waals surface area contributed by atoms with Crippen LogP contribution in [0, 0.1) is 0 Å². The third-order valence-corrected chi connectivity index (χ3v) is 5.05. The van der Waals surface area contributed by atoms with Crippen molar-refractivity contribution in [3.8, 4) is 0 Å². The molecule has 2 aromatic rings. The van der Waals surface area contributed by atoms with Gasteiger partial charge in [0.05, 0.1) is 0 Å². The number of hydrogen-bond donors (Lipinski definition) is 2. The van der Waals surface area contributed by atoms with E-state index in [0.717, 1.165) is 36.0 Å². The predicted octanol–water partition coefficient (Wildman–Crippen LogP) is 5.55. The summed E-state index contributed by atoms with van der Waals surface area (Å²) in [6.45, 7) is 6.46. The number of alkyl carbamates (subject to hydrolysis) is 1. The number of amides is 1. The van der Waals surface area contributed by atoms with Crippen molar-refractivity contribution in [3.05, 3.63) is 77.4 Å². The van der Waals surface area contributed by atoms with E-state index < -0.39 is 18.2 Å². The number of carboxylic acid groups (broad SMARTS) is 1. The first-order valence-electron chi connectivity index (χ1n) is 10.5. The fourth-order valence-electron chi connectivity index (χ4n) is 3.45. The Labute approximate surface area is 178 Å². The highest BCUT2D eigenvalue weighted by Gasteiger charge is 2.20. The lowest BCUT2D eigenvalue weighted by molar-refractivity contribution is -0.137. The fourth-order valence-corrected chi connectivity index (χ4v) is 3.45. The summed E-state index contributed by atoms with van der Waals surface area (Å²) in [5, 5.41) is 11.5. The minimum Gasteiger partial charge on any atom is -0.481 e. The molecule has 0 aliphatic heterocycles. The van der Waals surface area contributed by atoms with Crippen LogP contribution in [-0.2, 0) is 22.4 Å². The van der Waals surface area contributed by atoms with Gasteiger partial charge < -0.3 is 15.2 Å². The van der Waals surface area contributed by atoms with Crippen molar-refractivity contribution in [2.75, 3.05) is 6.54 Å². The van der Waals surface area contributed by atoms with Crippen molar-refractivity contribution < 1.29 is 19.4 Å². The zero-order valence-electron chi connectivity index (χ0n) is 17.6. The van der Waals surface area contributed by atoms with Gasteiger partial charge in [-0.25, -0.2) is 4.79 Å². The van der Waals surface area contributed by atoms with Crippen molar-refractivity contribution in [3.63, 3.8) is 0 Å². The third-order valence-electron chi connectivity index (χ3n) is 5.05. The van der Waals surface area contributed by atoms with Gasteiger partial charge in [-0.2, -0.15) is 0 Å². The highest BCUT2D eigenvalue weighted by atomic mass is 16.6. The zero-order valence-corrected chi connectivity index (χ0v) is 17.6. The maximum atomic E-state index is 12.5. The average Bonchev–Trinajstić information content (AvgIpc) is 2.75. The number of nitrogens with one attached hydrogen (secondary N) is 1. The summed E-state index contributed by atoms with van der Waals surface area (Å²) in [6, 6.07) is 16.0. The van der Waals surface area contributed by atoms with Gasteiger partial charge in [0.1, 0.15) is 6.10 Å². The minimum absolute atomic E-state index is 0.154. The molecule has 0 spiro atoms. The maximum absolute atomic E-state index is 12.5. The van der Waals surface area contributed by atoms with Gasteiger partial charge in [0.15, 0.2) is 0 Å². The smallest absolute Gasteiger partial charge is 0.407 e. The standard InChI is InChI=1S/C25H31NO4/c1-3-19-12-7-8-14-21(19)18-23(22-15-10-9-13-20(22)4-2)30-25(29)26-17-11-5-6-16-24(27)28/h4,7-10,12-15,23H,2-3,5-6,11,16-18H2,1H3,(H,26,29)(H,27,28). The normalized spacial score (nSPS) is 11.5. The molecule has 0 bridgehead atoms. The van der Waals surface area contributed by atoms with Gasteiger partial charge in [-0.15, -0.1) is 0 Å². The second-order valence-electron chi connectivity index (χ2n) is 7.18. The molecular formula is C25H31NO4. The summed E-state index contributed by atoms with van der Waals surface area (Å²) in [6.07, 6.45) is 4.60. The van der Waals surface area contributed by atoms with E-state index in [1.807, 2.05) is 36.4 Å². The number of carboxylic acids is 1. The lowest BCUT2D eigenvalue weighted by atomic mass is 9.94. The summed E-state index contributed by atoms with van der Waals surface area (Å²) in [5.41, 5.74) is 4.26. The molecule has 0 aromatic heterocycles. The lowest BCUT2D eigenvalue weighted by Gasteiger charge is -2.22. The van der Waals surface area contributed by atoms with Crippen molar-refractivity contribution in [1.82, 2.24) is 5.32 Å². The largest absolute Gasteiger partial charge is 0.481 e. The molecule has 2 N–H and O–H groups in total. The summed E-state index contributed by atoms with van der Waals surface area (Å²) in [4.78, 5) is 23.0. The van der Waals surface area contributed by atoms with E-state index in [-0.39, 0.29) is 6.42 Å². The number of aryl methyl sites for hydroxylation is 1. The van der Waals surface area contributed by atoms with Crippen LogP contribution >= 0.6 is 0 Å². The summed E-state index contributed by atoms with van der Waals surface area (Å²) >= 11 is 0. The van der Waals surface area contributed by atoms with Crippen molar-refractivity contribution in [1.29, 1.82) is 0 Å². The molecule has 0 fully saturated rings. The van der Waals surface area contributed by atoms with Crippen LogP contribution in [0.3, 0.4) is 0 Å². The SMILES string of the molecule is C=Cc1ccccc1C(Cc1ccccc1CC)OC(=O)NCCCCCC(=O)O. The topological polar surface area (TPSA) is 75.6 Å². The van der Waals surface area contributed by atoms with Crippen LogP contribution in [-0.4, -0.2) is 23.7 Å². The van der Waals surface area contributed by atoms with Crippen molar-refractivity contribution in [2.45, 2.75) is 51.6 Å². The molecule has 2 aromatic carbocycles. The Morgan fingerprint density at radius 2 is 1.77 bits per heavy atom. The Bertz CT molecular complexity index is 847. The second kappa shape index (κ2) is 12.5. The van der Waals surface area contributed by atoms with Crippen LogP contribution in [0.5, 0.6) is 0 Å². The number of benzene rings is 2. The molecule has 160 valence electrons. The van der Waals surface area contributed by atoms with Crippen LogP contribution in [0.1, 0.15) is 61.0 Å². The molecule has 0 saturated heterocycles. The number of unbranched alkanes of at least 4 members (excludes halogenated alkanes) is 2. The van der Waals surface area contributed by atoms with Crippen molar-refractivity contribution >= 4 is 18.1 Å². The van der Waals surface area contributed by atoms with Gasteiger partial charge >= 0.3 is 12.1 Å². The van der Waals surface area contributed by atoms with Gasteiger partial charge in [0, 0.05) is 24.9 Å². The number of hydrogen-bond acceptors (Lipinski definition) is 3. The van der Waals surface area contributed by atoms with Crippen molar-refractivity contribution in [2.24, 2.45) is 0 Å². The Hall–Kier alpha value is -3.08. The van der Waals surface area contributed by atoms with Crippen LogP contribution in [0.2, 0.25) is 0 Å². The minimum atomic E-state index is -0.793. The summed E-state index contributed by atoms with van der Waals surface area (Å²) in [5.74, 6) is -0.793. The third kappa shape index (κ3) is 7.39. The number of aliphatic carboxylic acids is 1. The van der Waals surface area contributed by atoms with E-state index in [2.05, 4.69) is 31.0 Å². The molecule has 0 radical (unpaired) electrons. The molecule has 1 atom stereocenters. The number of rotatable bonds is 12. The zero-order chi connectivity index (χ0) is 21.8. The van der Waals surface area contributed by atoms with E-state index in [1.54, 1.807) is 6.08 Å². The highest BCUT2D eigenvalue weighted by molar-refractivity contribution is 5.68. The predicted molar refractivity (Wildman–Crippen MR) is 119 cm³/mol. The molecule has 0 saturated carbocycles. The van der Waals surface area contributed by atoms with Gasteiger partial charge in [-0.1, -0.05) is 74.5 Å². The second-order valence-corrected chi connectivity index (χ2v) is 7.18. The Morgan fingerprint density at radius 3 is 2.47 bits per heavy atom. The summed E-state index contributed by atoms with van der Waals surface area (Å²) in [7, 11) is 0. The molecule has 0 aliphatic carbocycles. The first-order valence-corrected chi connectivity index (χ1v) is 10.5. The lowest BCUT2D eigenvalue weighted by Crippen LogP contribution is -2.28. The molecule has 0 heterocycles. The van der Waals surface area contributed by atoms with Gasteiger partial charge in [0.2, 0.25) is 0 Å². The molecule has 2 rings (SSSR count). The quantitative estimate of drug-likeness (QED) is 0.451. The summed E-state index contributed by atoms with van der Waals surface area (Å²) < 4.78 is 5.84. The van der Waals surface area contributed by atoms with E-state index in [0.29, 0.717) is 19.4 Å². The number of carbonyl (C=O) groups excluding carboxylic acids is 1. The van der Waals surface area contributed by atoms with E-state index in [4.69, 9.17) is 9.84 Å². The number of carbonyl (C=O) groups is 2. The molecule has 30 heavy (non-hydrogen) atoms. The molecule has 1 unspecified atom stereocenters. The van der Waals surface area contributed by atoms with E-state index in [1.165, 1.54) is 5.56 Å². The first-order chi connectivity index (χ1) is 14.5. The molecule has 1 amide bonds. The molecule has 5 heteroatoms. The Kier molecular flexibility index (Phi) is 9.65. The van der Waals surface area contributed by atoms with Crippen LogP contribution in [0.4, 0.5) is 4.79 Å². The van der Waals surface area contributed by atoms with E-state index >= 15 is 0 Å². The Morgan fingerprint density at radius 1 is 1.07 bits per heavy atom. The fraction of sp³-hybridized carbons (Fsp3) is 0.360. The number of ether oxygens (including phenoxy) is 1. The van der Waals surface area contributed by atoms with E-state index in [9.17, 15) is 9.59 Å². The van der Waals surface area contributed by atoms with Gasteiger partial charge in [-0.3, -0.25) is 4.79 Å². The average molecular weight is 410 g/mol. The van der Waals surface area contributed by atoms with Crippen LogP contribution in [0.15, 0.2) is 55.1 Å². The van der Waals surface area contributed by atoms with Gasteiger partial charge in [0.25, 0.3) is 0 Å². The van der Waals surface area contributed by atoms with Crippen LogP contribution < -0.4 is 5.32 Å². The first kappa shape index (κ1) is 23.2. The van der Waals surface area contributed by atoms with Crippen LogP contribution in [0.25, 0.3) is 6.08 Å². The maximum Gasteiger partial charge on any atom is 0.407 e. The van der Waals surface area contributed by atoms with Gasteiger partial charge in [-0.05, 0) is 36.0 Å². The molecule has 0 aliphatic rings.